The second-order valence-electron chi connectivity index (χ2n) is 4.24. The maximum Gasteiger partial charge on any atom is 0.303 e. The van der Waals surface area contributed by atoms with E-state index in [0.717, 1.165) is 11.3 Å². The van der Waals surface area contributed by atoms with Gasteiger partial charge in [0.25, 0.3) is 0 Å². The summed E-state index contributed by atoms with van der Waals surface area (Å²) >= 11 is 0. The Labute approximate surface area is 106 Å². The smallest absolute Gasteiger partial charge is 0.303 e. The second kappa shape index (κ2) is 6.39. The van der Waals surface area contributed by atoms with Gasteiger partial charge in [0.2, 0.25) is 0 Å². The lowest BCUT2D eigenvalue weighted by Gasteiger charge is -2.31. The van der Waals surface area contributed by atoms with Crippen LogP contribution in [0.5, 0.6) is 0 Å². The van der Waals surface area contributed by atoms with Crippen molar-refractivity contribution < 1.29 is 23.9 Å². The molecule has 2 atom stereocenters. The molecule has 1 N–H and O–H groups in total. The Morgan fingerprint density at radius 3 is 2.33 bits per heavy atom. The third-order valence-electron chi connectivity index (χ3n) is 2.73. The van der Waals surface area contributed by atoms with Crippen LogP contribution >= 0.6 is 0 Å². The third-order valence-corrected chi connectivity index (χ3v) is 2.73. The van der Waals surface area contributed by atoms with E-state index in [9.17, 15) is 9.59 Å². The Balaban J connectivity index is 2.83. The minimum atomic E-state index is -0.391. The molecule has 0 aromatic carbocycles. The number of ether oxygens (including phenoxy) is 2. The molecule has 0 amide bonds. The highest BCUT2D eigenvalue weighted by Gasteiger charge is 2.31. The van der Waals surface area contributed by atoms with Gasteiger partial charge < -0.3 is 9.47 Å². The summed E-state index contributed by atoms with van der Waals surface area (Å²) in [4.78, 5) is 26.9. The molecular weight excluding hydrogens is 238 g/mol. The molecule has 0 bridgehead atoms. The Hall–Kier alpha value is -1.56. The second-order valence-corrected chi connectivity index (χ2v) is 4.24. The lowest BCUT2D eigenvalue weighted by atomic mass is 9.92. The predicted molar refractivity (Wildman–Crippen MR) is 63.2 cm³/mol. The van der Waals surface area contributed by atoms with Crippen LogP contribution in [0.2, 0.25) is 0 Å². The van der Waals surface area contributed by atoms with Crippen molar-refractivity contribution in [2.75, 3.05) is 7.11 Å². The highest BCUT2D eigenvalue weighted by atomic mass is 16.6. The highest BCUT2D eigenvalue weighted by Crippen LogP contribution is 2.28. The summed E-state index contributed by atoms with van der Waals surface area (Å²) in [6, 6.07) is 0. The van der Waals surface area contributed by atoms with E-state index < -0.39 is 6.10 Å². The quantitative estimate of drug-likeness (QED) is 0.600. The fraction of sp³-hybridized carbons (Fsp3) is 0.667. The Bertz CT molecular complexity index is 363. The van der Waals surface area contributed by atoms with E-state index in [-0.39, 0.29) is 18.0 Å². The first kappa shape index (κ1) is 14.5. The molecule has 0 saturated carbocycles. The molecule has 0 heterocycles. The zero-order valence-corrected chi connectivity index (χ0v) is 11.1. The van der Waals surface area contributed by atoms with Gasteiger partial charge in [-0.05, 0) is 12.5 Å². The van der Waals surface area contributed by atoms with E-state index in [1.54, 1.807) is 0 Å². The molecule has 102 valence electrons. The van der Waals surface area contributed by atoms with Gasteiger partial charge >= 0.3 is 11.9 Å². The van der Waals surface area contributed by atoms with Crippen molar-refractivity contribution >= 4 is 11.9 Å². The molecule has 1 rings (SSSR count). The van der Waals surface area contributed by atoms with Gasteiger partial charge in [-0.15, -0.1) is 0 Å². The van der Waals surface area contributed by atoms with Gasteiger partial charge in [-0.2, -0.15) is 0 Å². The molecular formula is C12H19NO5. The average Bonchev–Trinajstić information content (AvgIpc) is 2.23. The van der Waals surface area contributed by atoms with Crippen LogP contribution in [0.1, 0.15) is 33.6 Å². The third kappa shape index (κ3) is 4.03. The molecule has 18 heavy (non-hydrogen) atoms. The van der Waals surface area contributed by atoms with Crippen molar-refractivity contribution in [3.05, 3.63) is 11.3 Å². The maximum atomic E-state index is 11.0. The number of hydroxylamine groups is 1. The van der Waals surface area contributed by atoms with Crippen molar-refractivity contribution in [3.8, 4) is 0 Å². The zero-order chi connectivity index (χ0) is 13.7. The molecule has 0 unspecified atom stereocenters. The van der Waals surface area contributed by atoms with Crippen LogP contribution in [0, 0.1) is 0 Å². The first-order chi connectivity index (χ1) is 8.43. The lowest BCUT2D eigenvalue weighted by molar-refractivity contribution is -0.152. The molecule has 0 fully saturated rings. The van der Waals surface area contributed by atoms with Crippen molar-refractivity contribution in [3.63, 3.8) is 0 Å². The lowest BCUT2D eigenvalue weighted by Crippen LogP contribution is -2.35. The largest absolute Gasteiger partial charge is 0.462 e. The molecule has 0 aliphatic heterocycles. The number of hydrogen-bond acceptors (Lipinski definition) is 6. The summed E-state index contributed by atoms with van der Waals surface area (Å²) in [6.45, 7) is 4.57. The van der Waals surface area contributed by atoms with Crippen molar-refractivity contribution in [2.45, 2.75) is 45.8 Å². The normalized spacial score (nSPS) is 23.6. The fourth-order valence-electron chi connectivity index (χ4n) is 1.99. The SMILES string of the molecule is CONC1=C(C)[C@@H](OC(C)=O)C[C@H](OC(C)=O)C1. The number of rotatable bonds is 4. The van der Waals surface area contributed by atoms with Crippen LogP contribution in [0.15, 0.2) is 11.3 Å². The van der Waals surface area contributed by atoms with Crippen LogP contribution in [0.4, 0.5) is 0 Å². The maximum absolute atomic E-state index is 11.0. The van der Waals surface area contributed by atoms with Crippen LogP contribution in [0.25, 0.3) is 0 Å². The molecule has 0 saturated heterocycles. The molecule has 0 aromatic heterocycles. The number of esters is 2. The van der Waals surface area contributed by atoms with Gasteiger partial charge in [-0.25, -0.2) is 0 Å². The molecule has 6 nitrogen and oxygen atoms in total. The topological polar surface area (TPSA) is 73.9 Å². The van der Waals surface area contributed by atoms with Crippen molar-refractivity contribution in [2.24, 2.45) is 0 Å². The van der Waals surface area contributed by atoms with E-state index >= 15 is 0 Å². The number of nitrogens with one attached hydrogen (secondary N) is 1. The van der Waals surface area contributed by atoms with E-state index in [1.165, 1.54) is 21.0 Å². The van der Waals surface area contributed by atoms with Crippen LogP contribution in [-0.4, -0.2) is 31.3 Å². The first-order valence-corrected chi connectivity index (χ1v) is 5.77. The molecule has 1 aliphatic carbocycles. The Kier molecular flexibility index (Phi) is 5.15. The first-order valence-electron chi connectivity index (χ1n) is 5.77. The van der Waals surface area contributed by atoms with Gasteiger partial charge in [0.05, 0.1) is 7.11 Å². The molecule has 0 radical (unpaired) electrons. The van der Waals surface area contributed by atoms with Crippen LogP contribution in [0.3, 0.4) is 0 Å². The number of carbonyl (C=O) groups excluding carboxylic acids is 2. The monoisotopic (exact) mass is 257 g/mol. The van der Waals surface area contributed by atoms with E-state index in [4.69, 9.17) is 14.3 Å². The van der Waals surface area contributed by atoms with Crippen LogP contribution < -0.4 is 5.48 Å². The Morgan fingerprint density at radius 1 is 1.22 bits per heavy atom. The predicted octanol–water partition coefficient (Wildman–Crippen LogP) is 1.07. The van der Waals surface area contributed by atoms with Gasteiger partial charge in [-0.1, -0.05) is 0 Å². The van der Waals surface area contributed by atoms with E-state index in [2.05, 4.69) is 5.48 Å². The number of carbonyl (C=O) groups is 2. The molecule has 1 aliphatic rings. The van der Waals surface area contributed by atoms with Gasteiger partial charge in [0, 0.05) is 32.4 Å². The van der Waals surface area contributed by atoms with Crippen molar-refractivity contribution in [1.29, 1.82) is 0 Å². The fourth-order valence-corrected chi connectivity index (χ4v) is 1.99. The zero-order valence-electron chi connectivity index (χ0n) is 11.1. The van der Waals surface area contributed by atoms with Gasteiger partial charge in [-0.3, -0.25) is 19.9 Å². The van der Waals surface area contributed by atoms with E-state index in [0.29, 0.717) is 12.8 Å². The van der Waals surface area contributed by atoms with Gasteiger partial charge in [0.15, 0.2) is 0 Å². The Morgan fingerprint density at radius 2 is 1.83 bits per heavy atom. The summed E-state index contributed by atoms with van der Waals surface area (Å²) in [7, 11) is 1.50. The summed E-state index contributed by atoms with van der Waals surface area (Å²) in [5, 5.41) is 0. The number of hydrogen-bond donors (Lipinski definition) is 1. The van der Waals surface area contributed by atoms with Crippen molar-refractivity contribution in [1.82, 2.24) is 5.48 Å². The summed E-state index contributed by atoms with van der Waals surface area (Å²) < 4.78 is 10.4. The standard InChI is InChI=1S/C12H19NO5/c1-7-11(13-16-4)5-10(17-8(2)14)6-12(7)18-9(3)15/h10,12-13H,5-6H2,1-4H3/t10-,12+/m1/s1. The highest BCUT2D eigenvalue weighted by molar-refractivity contribution is 5.67. The molecule has 6 heteroatoms. The summed E-state index contributed by atoms with van der Waals surface area (Å²) in [5.74, 6) is -0.711. The summed E-state index contributed by atoms with van der Waals surface area (Å²) in [6.07, 6.45) is 0.295. The molecule has 0 aromatic rings. The van der Waals surface area contributed by atoms with Gasteiger partial charge in [0.1, 0.15) is 12.2 Å². The summed E-state index contributed by atoms with van der Waals surface area (Å²) in [5.41, 5.74) is 4.40. The molecule has 0 spiro atoms. The minimum absolute atomic E-state index is 0.312. The van der Waals surface area contributed by atoms with E-state index in [1.807, 2.05) is 6.92 Å². The minimum Gasteiger partial charge on any atom is -0.462 e. The average molecular weight is 257 g/mol. The van der Waals surface area contributed by atoms with Crippen LogP contribution in [-0.2, 0) is 23.9 Å².